The Morgan fingerprint density at radius 1 is 0.882 bits per heavy atom. The minimum atomic E-state index is -1.26. The van der Waals surface area contributed by atoms with Crippen LogP contribution in [0, 0.1) is 5.92 Å². The van der Waals surface area contributed by atoms with Crippen molar-refractivity contribution in [1.82, 2.24) is 16.0 Å². The quantitative estimate of drug-likeness (QED) is 0.0637. The third kappa shape index (κ3) is 12.0. The van der Waals surface area contributed by atoms with Gasteiger partial charge in [0.25, 0.3) is 0 Å². The lowest BCUT2D eigenvalue weighted by Gasteiger charge is -2.24. The van der Waals surface area contributed by atoms with E-state index < -0.39 is 53.8 Å². The van der Waals surface area contributed by atoms with Gasteiger partial charge in [-0.3, -0.25) is 24.2 Å². The van der Waals surface area contributed by atoms with Crippen LogP contribution in [0.25, 0.3) is 0 Å². The number of carbonyl (C=O) groups is 5. The second-order valence-electron chi connectivity index (χ2n) is 8.06. The second-order valence-corrected chi connectivity index (χ2v) is 8.06. The maximum absolute atomic E-state index is 12.7. The first-order chi connectivity index (χ1) is 15.8. The molecule has 0 aliphatic carbocycles. The van der Waals surface area contributed by atoms with Crippen LogP contribution in [0.3, 0.4) is 0 Å². The van der Waals surface area contributed by atoms with Gasteiger partial charge in [0.2, 0.25) is 23.6 Å². The van der Waals surface area contributed by atoms with Crippen molar-refractivity contribution >= 4 is 35.6 Å². The van der Waals surface area contributed by atoms with Gasteiger partial charge in [-0.25, -0.2) is 4.79 Å². The summed E-state index contributed by atoms with van der Waals surface area (Å²) in [4.78, 5) is 63.9. The van der Waals surface area contributed by atoms with E-state index in [1.54, 1.807) is 6.92 Å². The number of guanidine groups is 1. The topological polar surface area (TPSA) is 258 Å². The average molecular weight is 487 g/mol. The third-order valence-corrected chi connectivity index (χ3v) is 5.18. The van der Waals surface area contributed by atoms with E-state index in [1.807, 2.05) is 6.92 Å². The van der Waals surface area contributed by atoms with Crippen LogP contribution in [-0.4, -0.2) is 71.4 Å². The number of carbonyl (C=O) groups excluding carboxylic acids is 4. The number of rotatable bonds is 16. The van der Waals surface area contributed by atoms with Crippen LogP contribution < -0.4 is 38.9 Å². The number of nitrogens with zero attached hydrogens (tertiary/aromatic N) is 1. The van der Waals surface area contributed by atoms with E-state index in [0.29, 0.717) is 12.8 Å². The summed E-state index contributed by atoms with van der Waals surface area (Å²) < 4.78 is 0. The lowest BCUT2D eigenvalue weighted by molar-refractivity contribution is -0.142. The van der Waals surface area contributed by atoms with Gasteiger partial charge in [-0.1, -0.05) is 20.3 Å². The number of carboxylic acid groups (broad SMARTS) is 1. The maximum Gasteiger partial charge on any atom is 0.326 e. The monoisotopic (exact) mass is 486 g/mol. The highest BCUT2D eigenvalue weighted by molar-refractivity contribution is 5.94. The molecule has 14 nitrogen and oxygen atoms in total. The fourth-order valence-electron chi connectivity index (χ4n) is 2.77. The predicted molar refractivity (Wildman–Crippen MR) is 125 cm³/mol. The molecule has 0 aromatic heterocycles. The Kier molecular flexibility index (Phi) is 13.9. The first kappa shape index (κ1) is 30.6. The van der Waals surface area contributed by atoms with Crippen molar-refractivity contribution in [2.24, 2.45) is 33.8 Å². The van der Waals surface area contributed by atoms with E-state index in [4.69, 9.17) is 22.9 Å². The normalized spacial score (nSPS) is 15.1. The standard InChI is InChI=1S/C20H38N8O6/c1-4-10(2)15(22)18(32)27-12(7-8-14(21)29)17(31)26-11(3)16(30)28-13(19(33)34)6-5-9-25-20(23)24/h10-13,15H,4-9,22H2,1-3H3,(H2,21,29)(H,26,31)(H,27,32)(H,28,30)(H,33,34)(H4,23,24,25). The van der Waals surface area contributed by atoms with E-state index >= 15 is 0 Å². The summed E-state index contributed by atoms with van der Waals surface area (Å²) in [5.41, 5.74) is 21.5. The Bertz CT molecular complexity index is 755. The average Bonchev–Trinajstić information content (AvgIpc) is 2.76. The summed E-state index contributed by atoms with van der Waals surface area (Å²) in [5.74, 6) is -4.29. The van der Waals surface area contributed by atoms with Gasteiger partial charge in [-0.15, -0.1) is 0 Å². The maximum atomic E-state index is 12.7. The lowest BCUT2D eigenvalue weighted by atomic mass is 9.98. The third-order valence-electron chi connectivity index (χ3n) is 5.18. The molecule has 0 saturated heterocycles. The van der Waals surface area contributed by atoms with Crippen molar-refractivity contribution in [2.75, 3.05) is 6.54 Å². The number of aliphatic imine (C=N–C) groups is 1. The molecule has 4 amide bonds. The molecule has 0 saturated carbocycles. The molecule has 0 aromatic rings. The molecule has 34 heavy (non-hydrogen) atoms. The smallest absolute Gasteiger partial charge is 0.326 e. The summed E-state index contributed by atoms with van der Waals surface area (Å²) in [6.07, 6.45) is 0.711. The number of nitrogens with two attached hydrogens (primary N) is 4. The Labute approximate surface area is 198 Å². The highest BCUT2D eigenvalue weighted by Crippen LogP contribution is 2.07. The minimum Gasteiger partial charge on any atom is -0.480 e. The SMILES string of the molecule is CCC(C)C(N)C(=O)NC(CCC(N)=O)C(=O)NC(C)C(=O)NC(CCCN=C(N)N)C(=O)O. The summed E-state index contributed by atoms with van der Waals surface area (Å²) >= 11 is 0. The van der Waals surface area contributed by atoms with E-state index in [9.17, 15) is 29.1 Å². The molecule has 5 unspecified atom stereocenters. The van der Waals surface area contributed by atoms with Crippen LogP contribution in [0.5, 0.6) is 0 Å². The predicted octanol–water partition coefficient (Wildman–Crippen LogP) is -2.76. The Morgan fingerprint density at radius 2 is 1.47 bits per heavy atom. The van der Waals surface area contributed by atoms with Crippen LogP contribution >= 0.6 is 0 Å². The molecular formula is C20H38N8O6. The molecule has 14 heteroatoms. The lowest BCUT2D eigenvalue weighted by Crippen LogP contribution is -2.57. The highest BCUT2D eigenvalue weighted by atomic mass is 16.4. The van der Waals surface area contributed by atoms with Crippen LogP contribution in [0.1, 0.15) is 52.9 Å². The zero-order valence-electron chi connectivity index (χ0n) is 19.9. The van der Waals surface area contributed by atoms with Gasteiger partial charge < -0.3 is 44.0 Å². The number of amides is 4. The van der Waals surface area contributed by atoms with Crippen LogP contribution in [0.15, 0.2) is 4.99 Å². The highest BCUT2D eigenvalue weighted by Gasteiger charge is 2.29. The van der Waals surface area contributed by atoms with E-state index in [2.05, 4.69) is 20.9 Å². The molecule has 0 aromatic carbocycles. The molecule has 12 N–H and O–H groups in total. The van der Waals surface area contributed by atoms with Crippen molar-refractivity contribution in [3.8, 4) is 0 Å². The van der Waals surface area contributed by atoms with E-state index in [0.717, 1.165) is 0 Å². The Balaban J connectivity index is 5.12. The van der Waals surface area contributed by atoms with Gasteiger partial charge in [0, 0.05) is 13.0 Å². The van der Waals surface area contributed by atoms with Gasteiger partial charge >= 0.3 is 5.97 Å². The molecule has 0 bridgehead atoms. The van der Waals surface area contributed by atoms with Gasteiger partial charge in [-0.2, -0.15) is 0 Å². The molecule has 0 radical (unpaired) electrons. The van der Waals surface area contributed by atoms with Gasteiger partial charge in [-0.05, 0) is 32.1 Å². The molecule has 0 rings (SSSR count). The molecule has 0 heterocycles. The van der Waals surface area contributed by atoms with Gasteiger partial charge in [0.15, 0.2) is 5.96 Å². The fraction of sp³-hybridized carbons (Fsp3) is 0.700. The van der Waals surface area contributed by atoms with Crippen LogP contribution in [0.2, 0.25) is 0 Å². The zero-order chi connectivity index (χ0) is 26.4. The van der Waals surface area contributed by atoms with Gasteiger partial charge in [0.1, 0.15) is 18.1 Å². The number of hydrogen-bond acceptors (Lipinski definition) is 7. The van der Waals surface area contributed by atoms with Crippen molar-refractivity contribution in [1.29, 1.82) is 0 Å². The number of aliphatic carboxylic acids is 1. The first-order valence-electron chi connectivity index (χ1n) is 11.0. The Morgan fingerprint density at radius 3 is 1.97 bits per heavy atom. The van der Waals surface area contributed by atoms with Gasteiger partial charge in [0.05, 0.1) is 6.04 Å². The van der Waals surface area contributed by atoms with Crippen molar-refractivity contribution < 1.29 is 29.1 Å². The molecule has 0 aliphatic rings. The fourth-order valence-corrected chi connectivity index (χ4v) is 2.77. The number of carboxylic acids is 1. The van der Waals surface area contributed by atoms with Crippen molar-refractivity contribution in [2.45, 2.75) is 77.0 Å². The summed E-state index contributed by atoms with van der Waals surface area (Å²) in [6.45, 7) is 5.18. The zero-order valence-corrected chi connectivity index (χ0v) is 19.9. The largest absolute Gasteiger partial charge is 0.480 e. The van der Waals surface area contributed by atoms with Crippen LogP contribution in [-0.2, 0) is 24.0 Å². The first-order valence-corrected chi connectivity index (χ1v) is 11.0. The molecule has 0 fully saturated rings. The number of nitrogens with one attached hydrogen (secondary N) is 3. The molecule has 194 valence electrons. The molecule has 5 atom stereocenters. The van der Waals surface area contributed by atoms with E-state index in [-0.39, 0.29) is 37.7 Å². The summed E-state index contributed by atoms with van der Waals surface area (Å²) in [7, 11) is 0. The number of primary amides is 1. The van der Waals surface area contributed by atoms with E-state index in [1.165, 1.54) is 6.92 Å². The minimum absolute atomic E-state index is 0.0588. The van der Waals surface area contributed by atoms with Crippen molar-refractivity contribution in [3.05, 3.63) is 0 Å². The molecule has 0 aliphatic heterocycles. The molecular weight excluding hydrogens is 448 g/mol. The number of hydrogen-bond donors (Lipinski definition) is 8. The van der Waals surface area contributed by atoms with Crippen LogP contribution in [0.4, 0.5) is 0 Å². The Hall–Kier alpha value is -3.42. The summed E-state index contributed by atoms with van der Waals surface area (Å²) in [5, 5.41) is 16.6. The van der Waals surface area contributed by atoms with Crippen molar-refractivity contribution in [3.63, 3.8) is 0 Å². The summed E-state index contributed by atoms with van der Waals surface area (Å²) in [6, 6.07) is -4.40. The molecule has 0 spiro atoms. The second kappa shape index (κ2) is 15.4.